The first-order chi connectivity index (χ1) is 8.00. The molecule has 0 saturated carbocycles. The second kappa shape index (κ2) is 6.08. The molecule has 1 atom stereocenters. The van der Waals surface area contributed by atoms with E-state index in [0.717, 1.165) is 24.3 Å². The largest absolute Gasteiger partial charge is 0.313 e. The van der Waals surface area contributed by atoms with Crippen molar-refractivity contribution in [2.45, 2.75) is 43.7 Å². The maximum atomic E-state index is 8.95. The highest BCUT2D eigenvalue weighted by Crippen LogP contribution is 2.21. The summed E-state index contributed by atoms with van der Waals surface area (Å²) in [5.74, 6) is 0.972. The van der Waals surface area contributed by atoms with Gasteiger partial charge in [-0.25, -0.2) is 0 Å². The van der Waals surface area contributed by atoms with E-state index in [2.05, 4.69) is 17.2 Å². The molecule has 0 fully saturated rings. The second-order valence-corrected chi connectivity index (χ2v) is 5.44. The molecule has 1 rings (SSSR count). The van der Waals surface area contributed by atoms with Gasteiger partial charge in [0.05, 0.1) is 16.8 Å². The summed E-state index contributed by atoms with van der Waals surface area (Å²) in [7, 11) is 1.95. The summed E-state index contributed by atoms with van der Waals surface area (Å²) in [4.78, 5) is 0. The first-order valence-corrected chi connectivity index (χ1v) is 6.83. The molecule has 1 aromatic heterocycles. The Morgan fingerprint density at radius 2 is 2.35 bits per heavy atom. The average Bonchev–Trinajstić information content (AvgIpc) is 2.63. The van der Waals surface area contributed by atoms with Gasteiger partial charge in [0.15, 0.2) is 0 Å². The van der Waals surface area contributed by atoms with Gasteiger partial charge in [0.2, 0.25) is 0 Å². The Morgan fingerprint density at radius 1 is 1.65 bits per heavy atom. The molecule has 0 aliphatic carbocycles. The molecule has 0 aliphatic rings. The van der Waals surface area contributed by atoms with Gasteiger partial charge in [-0.1, -0.05) is 6.92 Å². The molecule has 0 saturated heterocycles. The average molecular weight is 252 g/mol. The van der Waals surface area contributed by atoms with Gasteiger partial charge in [-0.05, 0) is 38.0 Å². The predicted octanol–water partition coefficient (Wildman–Crippen LogP) is 2.23. The number of rotatable bonds is 6. The number of aromatic nitrogens is 2. The number of thioether (sulfide) groups is 1. The number of hydrogen-bond acceptors (Lipinski definition) is 4. The van der Waals surface area contributed by atoms with Crippen molar-refractivity contribution < 1.29 is 0 Å². The van der Waals surface area contributed by atoms with Crippen LogP contribution in [0.25, 0.3) is 0 Å². The fourth-order valence-corrected chi connectivity index (χ4v) is 2.58. The smallest absolute Gasteiger partial charge is 0.104 e. The summed E-state index contributed by atoms with van der Waals surface area (Å²) in [6.07, 6.45) is 2.41. The minimum Gasteiger partial charge on any atom is -0.313 e. The molecule has 0 aliphatic heterocycles. The van der Waals surface area contributed by atoms with Gasteiger partial charge in [-0.3, -0.25) is 4.68 Å². The van der Waals surface area contributed by atoms with Gasteiger partial charge in [-0.15, -0.1) is 11.8 Å². The van der Waals surface area contributed by atoms with Crippen LogP contribution in [-0.4, -0.2) is 21.1 Å². The Morgan fingerprint density at radius 3 is 2.82 bits per heavy atom. The molecule has 5 heteroatoms. The van der Waals surface area contributed by atoms with Crippen LogP contribution in [0.4, 0.5) is 0 Å². The minimum atomic E-state index is -0.650. The summed E-state index contributed by atoms with van der Waals surface area (Å²) < 4.78 is 1.89. The number of aryl methyl sites for hydroxylation is 2. The lowest BCUT2D eigenvalue weighted by molar-refractivity contribution is 0.478. The zero-order chi connectivity index (χ0) is 12.9. The molecule has 0 aromatic carbocycles. The van der Waals surface area contributed by atoms with E-state index in [0.29, 0.717) is 6.42 Å². The monoisotopic (exact) mass is 252 g/mol. The van der Waals surface area contributed by atoms with Crippen molar-refractivity contribution in [3.63, 3.8) is 0 Å². The quantitative estimate of drug-likeness (QED) is 0.622. The van der Waals surface area contributed by atoms with Crippen LogP contribution in [0.1, 0.15) is 31.9 Å². The second-order valence-electron chi connectivity index (χ2n) is 4.32. The fourth-order valence-electron chi connectivity index (χ4n) is 1.60. The van der Waals surface area contributed by atoms with Gasteiger partial charge in [0, 0.05) is 7.05 Å². The van der Waals surface area contributed by atoms with E-state index in [9.17, 15) is 0 Å². The van der Waals surface area contributed by atoms with Crippen molar-refractivity contribution in [1.29, 1.82) is 5.26 Å². The predicted molar refractivity (Wildman–Crippen MR) is 70.7 cm³/mol. The van der Waals surface area contributed by atoms with E-state index < -0.39 is 5.54 Å². The molecule has 94 valence electrons. The molecule has 0 radical (unpaired) electrons. The van der Waals surface area contributed by atoms with Crippen LogP contribution < -0.4 is 5.73 Å². The molecular formula is C12H20N4S. The Labute approximate surface area is 107 Å². The van der Waals surface area contributed by atoms with Gasteiger partial charge in [0.25, 0.3) is 0 Å². The van der Waals surface area contributed by atoms with E-state index in [-0.39, 0.29) is 0 Å². The van der Waals surface area contributed by atoms with E-state index in [4.69, 9.17) is 11.0 Å². The highest BCUT2D eigenvalue weighted by Gasteiger charge is 2.20. The lowest BCUT2D eigenvalue weighted by Gasteiger charge is -2.18. The molecule has 0 amide bonds. The van der Waals surface area contributed by atoms with Crippen LogP contribution in [-0.2, 0) is 7.05 Å². The van der Waals surface area contributed by atoms with Crippen LogP contribution in [0.2, 0.25) is 0 Å². The van der Waals surface area contributed by atoms with Crippen LogP contribution >= 0.6 is 11.8 Å². The normalized spacial score (nSPS) is 14.3. The molecule has 1 unspecified atom stereocenters. The molecule has 17 heavy (non-hydrogen) atoms. The summed E-state index contributed by atoms with van der Waals surface area (Å²) in [5.41, 5.74) is 6.31. The molecule has 1 heterocycles. The summed E-state index contributed by atoms with van der Waals surface area (Å²) >= 11 is 1.77. The molecule has 1 aromatic rings. The maximum absolute atomic E-state index is 8.95. The zero-order valence-electron chi connectivity index (χ0n) is 10.7. The van der Waals surface area contributed by atoms with Crippen molar-refractivity contribution in [2.75, 3.05) is 5.75 Å². The van der Waals surface area contributed by atoms with Crippen LogP contribution in [0.3, 0.4) is 0 Å². The third kappa shape index (κ3) is 4.06. The number of nitrogens with zero attached hydrogens (tertiary/aromatic N) is 3. The topological polar surface area (TPSA) is 67.6 Å². The van der Waals surface area contributed by atoms with Crippen LogP contribution in [0, 0.1) is 18.3 Å². The number of nitriles is 1. The van der Waals surface area contributed by atoms with Crippen molar-refractivity contribution in [3.05, 3.63) is 11.8 Å². The van der Waals surface area contributed by atoms with Crippen LogP contribution in [0.5, 0.6) is 0 Å². The van der Waals surface area contributed by atoms with E-state index in [1.165, 1.54) is 5.03 Å². The summed E-state index contributed by atoms with van der Waals surface area (Å²) in [6, 6.07) is 4.27. The lowest BCUT2D eigenvalue weighted by atomic mass is 9.94. The summed E-state index contributed by atoms with van der Waals surface area (Å²) in [6.45, 7) is 3.95. The van der Waals surface area contributed by atoms with Crippen molar-refractivity contribution in [2.24, 2.45) is 12.8 Å². The van der Waals surface area contributed by atoms with Gasteiger partial charge in [0.1, 0.15) is 5.54 Å². The van der Waals surface area contributed by atoms with Gasteiger partial charge >= 0.3 is 0 Å². The van der Waals surface area contributed by atoms with E-state index in [1.807, 2.05) is 25.6 Å². The van der Waals surface area contributed by atoms with Crippen LogP contribution in [0.15, 0.2) is 11.1 Å². The molecule has 0 bridgehead atoms. The lowest BCUT2D eigenvalue weighted by Crippen LogP contribution is -2.37. The standard InChI is InChI=1S/C12H20N4S/c1-4-12(14,9-13)6-5-7-17-11-8-10(2)15-16(11)3/h8H,4-7,14H2,1-3H3. The van der Waals surface area contributed by atoms with Crippen molar-refractivity contribution in [3.8, 4) is 6.07 Å². The molecule has 2 N–H and O–H groups in total. The Kier molecular flexibility index (Phi) is 5.03. The van der Waals surface area contributed by atoms with E-state index >= 15 is 0 Å². The van der Waals surface area contributed by atoms with Crippen molar-refractivity contribution in [1.82, 2.24) is 9.78 Å². The first kappa shape index (κ1) is 14.1. The Hall–Kier alpha value is -0.990. The molecule has 0 spiro atoms. The Bertz CT molecular complexity index is 407. The maximum Gasteiger partial charge on any atom is 0.104 e. The highest BCUT2D eigenvalue weighted by molar-refractivity contribution is 7.99. The number of nitrogens with two attached hydrogens (primary N) is 1. The molecular weight excluding hydrogens is 232 g/mol. The third-order valence-corrected chi connectivity index (χ3v) is 4.00. The third-order valence-electron chi connectivity index (χ3n) is 2.83. The number of hydrogen-bond donors (Lipinski definition) is 1. The highest BCUT2D eigenvalue weighted by atomic mass is 32.2. The molecule has 4 nitrogen and oxygen atoms in total. The SMILES string of the molecule is CCC(N)(C#N)CCCSc1cc(C)nn1C. The summed E-state index contributed by atoms with van der Waals surface area (Å²) in [5, 5.41) is 14.4. The van der Waals surface area contributed by atoms with Gasteiger partial charge < -0.3 is 5.73 Å². The van der Waals surface area contributed by atoms with Gasteiger partial charge in [-0.2, -0.15) is 10.4 Å². The Balaban J connectivity index is 2.34. The van der Waals surface area contributed by atoms with E-state index in [1.54, 1.807) is 11.8 Å². The zero-order valence-corrected chi connectivity index (χ0v) is 11.5. The van der Waals surface area contributed by atoms with Crippen molar-refractivity contribution >= 4 is 11.8 Å². The minimum absolute atomic E-state index is 0.650. The first-order valence-electron chi connectivity index (χ1n) is 5.84. The fraction of sp³-hybridized carbons (Fsp3) is 0.667.